The van der Waals surface area contributed by atoms with Gasteiger partial charge in [0.2, 0.25) is 5.91 Å². The first-order valence-electron chi connectivity index (χ1n) is 15.4. The quantitative estimate of drug-likeness (QED) is 0.487. The lowest BCUT2D eigenvalue weighted by atomic mass is 9.97. The highest BCUT2D eigenvalue weighted by Gasteiger charge is 2.52. The van der Waals surface area contributed by atoms with Gasteiger partial charge in [0.05, 0.1) is 11.0 Å². The van der Waals surface area contributed by atoms with Crippen LogP contribution in [-0.2, 0) is 26.9 Å². The molecule has 2 saturated heterocycles. The molecule has 5 rings (SSSR count). The van der Waals surface area contributed by atoms with E-state index in [-0.39, 0.29) is 18.4 Å². The maximum atomic E-state index is 15.3. The normalized spacial score (nSPS) is 23.9. The lowest BCUT2D eigenvalue weighted by molar-refractivity contribution is -0.128. The fourth-order valence-corrected chi connectivity index (χ4v) is 7.71. The number of piperidine rings is 1. The summed E-state index contributed by atoms with van der Waals surface area (Å²) >= 11 is 0. The predicted octanol–water partition coefficient (Wildman–Crippen LogP) is 4.49. The van der Waals surface area contributed by atoms with E-state index in [9.17, 15) is 19.1 Å². The number of amides is 2. The van der Waals surface area contributed by atoms with E-state index < -0.39 is 46.5 Å². The van der Waals surface area contributed by atoms with Gasteiger partial charge in [-0.15, -0.1) is 0 Å². The minimum absolute atomic E-state index is 0.00938. The molecule has 1 N–H and O–H groups in total. The van der Waals surface area contributed by atoms with Crippen LogP contribution in [0.5, 0.6) is 0 Å². The van der Waals surface area contributed by atoms with Gasteiger partial charge >= 0.3 is 6.09 Å². The average molecular weight is 624 g/mol. The van der Waals surface area contributed by atoms with Crippen molar-refractivity contribution in [3.63, 3.8) is 0 Å². The average Bonchev–Trinajstić information content (AvgIpc) is 3.54. The monoisotopic (exact) mass is 623 g/mol. The number of carbonyl (C=O) groups is 2. The first-order chi connectivity index (χ1) is 20.9. The number of nitrogens with zero attached hydrogens (tertiary/aromatic N) is 4. The van der Waals surface area contributed by atoms with E-state index in [1.807, 2.05) is 28.6 Å². The zero-order valence-corrected chi connectivity index (χ0v) is 26.7. The van der Waals surface area contributed by atoms with Crippen LogP contribution < -0.4 is 5.32 Å². The minimum atomic E-state index is -1.25. The standard InChI is InChI=1S/C33H42FN5O4S/c1-33(2,3)43-32(41)39-27-11-8-25(19-27)30(39)31(40)36-26(21-35)18-24-7-6-23(20-29(24)34)22-9-12-28(13-10-22)44(42)38-15-5-14-37(4)16-17-38/h6-7,9-10,12-13,20,25-27,30H,5,8,11,14-19H2,1-4H3,(H,36,40)/t25-,26-,27+,30-,44?/m0/s1. The number of hydrogen-bond acceptors (Lipinski definition) is 6. The van der Waals surface area contributed by atoms with E-state index in [1.54, 1.807) is 32.9 Å². The van der Waals surface area contributed by atoms with Crippen LogP contribution >= 0.6 is 0 Å². The number of nitrogens with one attached hydrogen (secondary N) is 1. The Bertz CT molecular complexity index is 1440. The molecular formula is C33H42FN5O4S. The maximum Gasteiger partial charge on any atom is 0.411 e. The van der Waals surface area contributed by atoms with Gasteiger partial charge in [-0.25, -0.2) is 17.7 Å². The van der Waals surface area contributed by atoms with E-state index in [1.165, 1.54) is 11.0 Å². The largest absolute Gasteiger partial charge is 0.444 e. The Morgan fingerprint density at radius 3 is 2.50 bits per heavy atom. The Balaban J connectivity index is 1.22. The number of likely N-dealkylation sites (N-methyl/N-ethyl adjacent to an activating group) is 1. The molecular weight excluding hydrogens is 581 g/mol. The van der Waals surface area contributed by atoms with Crippen LogP contribution in [0.3, 0.4) is 0 Å². The van der Waals surface area contributed by atoms with Gasteiger partial charge in [-0.2, -0.15) is 5.26 Å². The van der Waals surface area contributed by atoms with Crippen molar-refractivity contribution in [2.75, 3.05) is 33.2 Å². The van der Waals surface area contributed by atoms with Gasteiger partial charge in [-0.05, 0) is 101 Å². The molecule has 3 aliphatic rings. The summed E-state index contributed by atoms with van der Waals surface area (Å²) in [4.78, 5) is 30.8. The van der Waals surface area contributed by atoms with Crippen molar-refractivity contribution in [2.24, 2.45) is 5.92 Å². The molecule has 1 unspecified atom stereocenters. The highest BCUT2D eigenvalue weighted by Crippen LogP contribution is 2.43. The molecule has 1 aliphatic carbocycles. The topological polar surface area (TPSA) is 106 Å². The summed E-state index contributed by atoms with van der Waals surface area (Å²) in [6.07, 6.45) is 2.83. The van der Waals surface area contributed by atoms with E-state index >= 15 is 4.39 Å². The molecule has 2 aromatic rings. The lowest BCUT2D eigenvalue weighted by Gasteiger charge is -2.35. The Hall–Kier alpha value is -3.33. The Morgan fingerprint density at radius 1 is 1.09 bits per heavy atom. The SMILES string of the molecule is CN1CCCN(S(=O)c2ccc(-c3ccc(C[C@@H](C#N)NC(=O)[C@@H]4[C@H]5CC[C@H](C5)N4C(=O)OC(C)(C)C)c(F)c3)cc2)CC1. The van der Waals surface area contributed by atoms with Gasteiger partial charge in [0, 0.05) is 32.1 Å². The number of halogens is 1. The van der Waals surface area contributed by atoms with Crippen LogP contribution in [0, 0.1) is 23.1 Å². The van der Waals surface area contributed by atoms with Gasteiger partial charge in [0.15, 0.2) is 0 Å². The van der Waals surface area contributed by atoms with Crippen LogP contribution in [0.15, 0.2) is 47.4 Å². The van der Waals surface area contributed by atoms with Crippen molar-refractivity contribution < 1.29 is 22.9 Å². The van der Waals surface area contributed by atoms with Gasteiger partial charge < -0.3 is 15.0 Å². The molecule has 2 aliphatic heterocycles. The summed E-state index contributed by atoms with van der Waals surface area (Å²) in [6, 6.07) is 12.5. The number of rotatable bonds is 7. The summed E-state index contributed by atoms with van der Waals surface area (Å²) in [5.41, 5.74) is 1.06. The molecule has 2 aromatic carbocycles. The smallest absolute Gasteiger partial charge is 0.411 e. The van der Waals surface area contributed by atoms with Gasteiger partial charge in [0.1, 0.15) is 34.5 Å². The molecule has 9 nitrogen and oxygen atoms in total. The van der Waals surface area contributed by atoms with Gasteiger partial charge in [-0.3, -0.25) is 9.69 Å². The summed E-state index contributed by atoms with van der Waals surface area (Å²) in [5.74, 6) is -0.872. The first kappa shape index (κ1) is 32.1. The Morgan fingerprint density at radius 2 is 1.82 bits per heavy atom. The fraction of sp³-hybridized carbons (Fsp3) is 0.545. The molecule has 3 fully saturated rings. The third-order valence-corrected chi connectivity index (χ3v) is 10.2. The van der Waals surface area contributed by atoms with E-state index in [2.05, 4.69) is 23.3 Å². The molecule has 2 bridgehead atoms. The Labute approximate surface area is 261 Å². The molecule has 2 amide bonds. The van der Waals surface area contributed by atoms with Gasteiger partial charge in [0.25, 0.3) is 0 Å². The summed E-state index contributed by atoms with van der Waals surface area (Å²) < 4.78 is 36.0. The maximum absolute atomic E-state index is 15.3. The van der Waals surface area contributed by atoms with E-state index in [0.29, 0.717) is 16.0 Å². The third-order valence-electron chi connectivity index (χ3n) is 8.71. The zero-order chi connectivity index (χ0) is 31.6. The number of fused-ring (bicyclic) bond motifs is 2. The number of hydrogen-bond donors (Lipinski definition) is 1. The number of ether oxygens (including phenoxy) is 1. The van der Waals surface area contributed by atoms with Crippen molar-refractivity contribution in [2.45, 2.75) is 81.5 Å². The highest BCUT2D eigenvalue weighted by atomic mass is 32.2. The molecule has 0 spiro atoms. The second kappa shape index (κ2) is 13.3. The third kappa shape index (κ3) is 7.31. The van der Waals surface area contributed by atoms with Crippen molar-refractivity contribution >= 4 is 23.0 Å². The summed E-state index contributed by atoms with van der Waals surface area (Å²) in [5, 5.41) is 12.6. The second-order valence-electron chi connectivity index (χ2n) is 13.1. The van der Waals surface area contributed by atoms with Crippen LogP contribution in [0.2, 0.25) is 0 Å². The molecule has 2 heterocycles. The van der Waals surface area contributed by atoms with Crippen molar-refractivity contribution in [1.82, 2.24) is 19.4 Å². The number of likely N-dealkylation sites (tertiary alicyclic amines) is 1. The minimum Gasteiger partial charge on any atom is -0.444 e. The van der Waals surface area contributed by atoms with Crippen LogP contribution in [0.4, 0.5) is 9.18 Å². The van der Waals surface area contributed by atoms with Gasteiger partial charge in [-0.1, -0.05) is 24.3 Å². The lowest BCUT2D eigenvalue weighted by Crippen LogP contribution is -2.55. The molecule has 11 heteroatoms. The molecule has 0 aromatic heterocycles. The summed E-state index contributed by atoms with van der Waals surface area (Å²) in [6.45, 7) is 8.74. The van der Waals surface area contributed by atoms with Crippen LogP contribution in [-0.4, -0.2) is 87.3 Å². The van der Waals surface area contributed by atoms with E-state index in [0.717, 1.165) is 57.4 Å². The summed E-state index contributed by atoms with van der Waals surface area (Å²) in [7, 11) is 0.818. The van der Waals surface area contributed by atoms with Crippen molar-refractivity contribution in [3.8, 4) is 17.2 Å². The number of carbonyl (C=O) groups excluding carboxylic acids is 2. The fourth-order valence-electron chi connectivity index (χ4n) is 6.50. The number of benzene rings is 2. The Kier molecular flexibility index (Phi) is 9.73. The molecule has 5 atom stereocenters. The highest BCUT2D eigenvalue weighted by molar-refractivity contribution is 7.82. The van der Waals surface area contributed by atoms with Crippen molar-refractivity contribution in [3.05, 3.63) is 53.8 Å². The second-order valence-corrected chi connectivity index (χ2v) is 14.6. The molecule has 1 saturated carbocycles. The first-order valence-corrected chi connectivity index (χ1v) is 16.5. The molecule has 44 heavy (non-hydrogen) atoms. The van der Waals surface area contributed by atoms with Crippen LogP contribution in [0.1, 0.15) is 52.0 Å². The van der Waals surface area contributed by atoms with Crippen LogP contribution in [0.25, 0.3) is 11.1 Å². The zero-order valence-electron chi connectivity index (χ0n) is 25.9. The van der Waals surface area contributed by atoms with Crippen molar-refractivity contribution in [1.29, 1.82) is 5.26 Å². The number of nitriles is 1. The molecule has 0 radical (unpaired) electrons. The van der Waals surface area contributed by atoms with E-state index in [4.69, 9.17) is 4.74 Å². The predicted molar refractivity (Wildman–Crippen MR) is 166 cm³/mol. The molecule has 236 valence electrons.